The van der Waals surface area contributed by atoms with Crippen LogP contribution in [0.15, 0.2) is 4.79 Å². The highest BCUT2D eigenvalue weighted by molar-refractivity contribution is 5.10. The number of rotatable bonds is 1. The molecule has 0 amide bonds. The molecular formula is C7H11N3O2. The lowest BCUT2D eigenvalue weighted by Gasteiger charge is -2.07. The third-order valence-electron chi connectivity index (χ3n) is 1.47. The van der Waals surface area contributed by atoms with Crippen LogP contribution < -0.4 is 5.69 Å². The van der Waals surface area contributed by atoms with Gasteiger partial charge in [-0.3, -0.25) is 0 Å². The minimum Gasteiger partial charge on any atom is -0.492 e. The van der Waals surface area contributed by atoms with Gasteiger partial charge in [0, 0.05) is 0 Å². The van der Waals surface area contributed by atoms with Gasteiger partial charge in [0.15, 0.2) is 0 Å². The monoisotopic (exact) mass is 169 g/mol. The van der Waals surface area contributed by atoms with E-state index in [9.17, 15) is 4.79 Å². The van der Waals surface area contributed by atoms with Crippen LogP contribution in [0.3, 0.4) is 0 Å². The second-order valence-corrected chi connectivity index (χ2v) is 2.84. The Morgan fingerprint density at radius 3 is 2.58 bits per heavy atom. The number of nitrogens with zero attached hydrogens (tertiary/aromatic N) is 3. The van der Waals surface area contributed by atoms with E-state index in [1.165, 1.54) is 4.68 Å². The molecule has 12 heavy (non-hydrogen) atoms. The molecule has 0 aromatic carbocycles. The van der Waals surface area contributed by atoms with E-state index in [2.05, 4.69) is 10.1 Å². The van der Waals surface area contributed by atoms with Gasteiger partial charge in [0.05, 0.1) is 6.04 Å². The maximum Gasteiger partial charge on any atom is 0.367 e. The SMILES string of the molecule is Cc1nn(C(C)C)c(=O)nc1O. The summed E-state index contributed by atoms with van der Waals surface area (Å²) in [7, 11) is 0. The van der Waals surface area contributed by atoms with Crippen LogP contribution in [-0.4, -0.2) is 19.9 Å². The Hall–Kier alpha value is -1.39. The minimum absolute atomic E-state index is 0.0377. The third kappa shape index (κ3) is 1.44. The maximum absolute atomic E-state index is 11.1. The number of hydrogen-bond acceptors (Lipinski definition) is 4. The first-order valence-corrected chi connectivity index (χ1v) is 3.69. The lowest BCUT2D eigenvalue weighted by atomic mass is 10.4. The fourth-order valence-electron chi connectivity index (χ4n) is 0.808. The van der Waals surface area contributed by atoms with Crippen LogP contribution in [0.4, 0.5) is 0 Å². The molecule has 0 atom stereocenters. The molecule has 0 radical (unpaired) electrons. The van der Waals surface area contributed by atoms with Gasteiger partial charge in [-0.05, 0) is 20.8 Å². The minimum atomic E-state index is -0.520. The molecule has 66 valence electrons. The summed E-state index contributed by atoms with van der Waals surface area (Å²) in [4.78, 5) is 14.5. The smallest absolute Gasteiger partial charge is 0.367 e. The van der Waals surface area contributed by atoms with Crippen molar-refractivity contribution in [3.8, 4) is 5.88 Å². The van der Waals surface area contributed by atoms with E-state index < -0.39 is 5.69 Å². The molecule has 0 fully saturated rings. The number of aromatic hydroxyl groups is 1. The van der Waals surface area contributed by atoms with E-state index in [1.807, 2.05) is 13.8 Å². The molecule has 5 heteroatoms. The molecule has 0 spiro atoms. The second-order valence-electron chi connectivity index (χ2n) is 2.84. The summed E-state index contributed by atoms with van der Waals surface area (Å²) in [6, 6.07) is -0.0377. The van der Waals surface area contributed by atoms with Crippen LogP contribution in [0.1, 0.15) is 25.6 Å². The Balaban J connectivity index is 3.33. The van der Waals surface area contributed by atoms with E-state index in [0.717, 1.165) is 0 Å². The van der Waals surface area contributed by atoms with E-state index >= 15 is 0 Å². The average molecular weight is 169 g/mol. The van der Waals surface area contributed by atoms with Crippen molar-refractivity contribution in [3.05, 3.63) is 16.2 Å². The predicted octanol–water partition coefficient (Wildman–Crippen LogP) is 0.233. The van der Waals surface area contributed by atoms with Gasteiger partial charge in [0.1, 0.15) is 5.69 Å². The molecule has 1 aromatic rings. The zero-order valence-electron chi connectivity index (χ0n) is 7.27. The molecule has 0 saturated carbocycles. The van der Waals surface area contributed by atoms with Gasteiger partial charge in [-0.2, -0.15) is 10.1 Å². The highest BCUT2D eigenvalue weighted by atomic mass is 16.3. The Morgan fingerprint density at radius 2 is 2.08 bits per heavy atom. The van der Waals surface area contributed by atoms with E-state index in [-0.39, 0.29) is 11.9 Å². The van der Waals surface area contributed by atoms with Crippen molar-refractivity contribution in [2.24, 2.45) is 0 Å². The Kier molecular flexibility index (Phi) is 2.12. The first-order chi connectivity index (χ1) is 5.52. The van der Waals surface area contributed by atoms with Crippen LogP contribution in [0.25, 0.3) is 0 Å². The van der Waals surface area contributed by atoms with Crippen LogP contribution >= 0.6 is 0 Å². The van der Waals surface area contributed by atoms with Crippen molar-refractivity contribution < 1.29 is 5.11 Å². The third-order valence-corrected chi connectivity index (χ3v) is 1.47. The summed E-state index contributed by atoms with van der Waals surface area (Å²) in [6.07, 6.45) is 0. The zero-order chi connectivity index (χ0) is 9.30. The maximum atomic E-state index is 11.1. The predicted molar refractivity (Wildman–Crippen MR) is 43.1 cm³/mol. The van der Waals surface area contributed by atoms with E-state index in [1.54, 1.807) is 6.92 Å². The normalized spacial score (nSPS) is 10.7. The van der Waals surface area contributed by atoms with Crippen molar-refractivity contribution in [3.63, 3.8) is 0 Å². The second kappa shape index (κ2) is 2.92. The summed E-state index contributed by atoms with van der Waals surface area (Å²) in [5.41, 5.74) is -0.156. The van der Waals surface area contributed by atoms with Gasteiger partial charge in [-0.25, -0.2) is 9.48 Å². The molecule has 0 aliphatic rings. The summed E-state index contributed by atoms with van der Waals surface area (Å²) < 4.78 is 1.23. The van der Waals surface area contributed by atoms with Gasteiger partial charge in [-0.1, -0.05) is 0 Å². The molecule has 1 heterocycles. The van der Waals surface area contributed by atoms with Gasteiger partial charge < -0.3 is 5.11 Å². The molecule has 5 nitrogen and oxygen atoms in total. The molecule has 0 unspecified atom stereocenters. The lowest BCUT2D eigenvalue weighted by molar-refractivity contribution is 0.408. The molecule has 0 bridgehead atoms. The quantitative estimate of drug-likeness (QED) is 0.653. The van der Waals surface area contributed by atoms with Crippen LogP contribution in [0.2, 0.25) is 0 Å². The van der Waals surface area contributed by atoms with Crippen molar-refractivity contribution in [1.29, 1.82) is 0 Å². The molecular weight excluding hydrogens is 158 g/mol. The fraction of sp³-hybridized carbons (Fsp3) is 0.571. The molecule has 0 aliphatic carbocycles. The first-order valence-electron chi connectivity index (χ1n) is 3.69. The lowest BCUT2D eigenvalue weighted by Crippen LogP contribution is -2.27. The summed E-state index contributed by atoms with van der Waals surface area (Å²) in [5.74, 6) is -0.295. The van der Waals surface area contributed by atoms with Crippen LogP contribution in [0, 0.1) is 6.92 Å². The Bertz CT molecular complexity index is 343. The van der Waals surface area contributed by atoms with Gasteiger partial charge in [0.2, 0.25) is 5.88 Å². The average Bonchev–Trinajstić information content (AvgIpc) is 1.96. The highest BCUT2D eigenvalue weighted by Gasteiger charge is 2.07. The number of aromatic nitrogens is 3. The Labute approximate surface area is 69.7 Å². The number of aryl methyl sites for hydroxylation is 1. The number of hydrogen-bond donors (Lipinski definition) is 1. The summed E-state index contributed by atoms with van der Waals surface area (Å²) in [5, 5.41) is 12.9. The summed E-state index contributed by atoms with van der Waals surface area (Å²) in [6.45, 7) is 5.25. The van der Waals surface area contributed by atoms with E-state index in [0.29, 0.717) is 5.69 Å². The van der Waals surface area contributed by atoms with Gasteiger partial charge >= 0.3 is 5.69 Å². The topological polar surface area (TPSA) is 68.0 Å². The van der Waals surface area contributed by atoms with Crippen molar-refractivity contribution in [2.75, 3.05) is 0 Å². The van der Waals surface area contributed by atoms with Gasteiger partial charge in [0.25, 0.3) is 0 Å². The largest absolute Gasteiger partial charge is 0.492 e. The van der Waals surface area contributed by atoms with Gasteiger partial charge in [-0.15, -0.1) is 0 Å². The van der Waals surface area contributed by atoms with Crippen molar-refractivity contribution >= 4 is 0 Å². The highest BCUT2D eigenvalue weighted by Crippen LogP contribution is 2.05. The van der Waals surface area contributed by atoms with Crippen LogP contribution in [-0.2, 0) is 0 Å². The molecule has 1 N–H and O–H groups in total. The van der Waals surface area contributed by atoms with Crippen LogP contribution in [0.5, 0.6) is 5.88 Å². The fourth-order valence-corrected chi connectivity index (χ4v) is 0.808. The first kappa shape index (κ1) is 8.70. The zero-order valence-corrected chi connectivity index (χ0v) is 7.27. The standard InChI is InChI=1S/C7H11N3O2/c1-4(2)10-7(12)8-6(11)5(3)9-10/h4H,1-3H3,(H,8,11,12). The molecule has 0 aliphatic heterocycles. The molecule has 1 rings (SSSR count). The van der Waals surface area contributed by atoms with Crippen molar-refractivity contribution in [1.82, 2.24) is 14.8 Å². The molecule has 0 saturated heterocycles. The van der Waals surface area contributed by atoms with E-state index in [4.69, 9.17) is 5.11 Å². The Morgan fingerprint density at radius 1 is 1.50 bits per heavy atom. The summed E-state index contributed by atoms with van der Waals surface area (Å²) >= 11 is 0. The van der Waals surface area contributed by atoms with Crippen molar-refractivity contribution in [2.45, 2.75) is 26.8 Å². The molecule has 1 aromatic heterocycles.